The smallest absolute Gasteiger partial charge is 0.326 e. The van der Waals surface area contributed by atoms with Gasteiger partial charge in [-0.15, -0.1) is 0 Å². The van der Waals surface area contributed by atoms with Gasteiger partial charge < -0.3 is 9.84 Å². The number of carboxylic acid groups (broad SMARTS) is 1. The Morgan fingerprint density at radius 3 is 2.00 bits per heavy atom. The number of ether oxygens (including phenoxy) is 1. The van der Waals surface area contributed by atoms with Crippen molar-refractivity contribution < 1.29 is 24.2 Å². The summed E-state index contributed by atoms with van der Waals surface area (Å²) >= 11 is 6.92. The highest BCUT2D eigenvalue weighted by molar-refractivity contribution is 9.12. The van der Waals surface area contributed by atoms with Crippen LogP contribution in [0.15, 0.2) is 0 Å². The number of carboxylic acids is 1. The third-order valence-electron chi connectivity index (χ3n) is 4.13. The Labute approximate surface area is 125 Å². The minimum atomic E-state index is -1.18. The molecule has 0 aromatic rings. The number of imide groups is 1. The maximum atomic E-state index is 12.3. The molecule has 0 radical (unpaired) electrons. The van der Waals surface area contributed by atoms with Crippen molar-refractivity contribution in [3.63, 3.8) is 0 Å². The number of rotatable bonds is 2. The number of alkyl halides is 2. The van der Waals surface area contributed by atoms with Crippen LogP contribution in [0.3, 0.4) is 0 Å². The second kappa shape index (κ2) is 4.26. The Morgan fingerprint density at radius 1 is 1.21 bits per heavy atom. The van der Waals surface area contributed by atoms with Gasteiger partial charge in [0.25, 0.3) is 0 Å². The fourth-order valence-electron chi connectivity index (χ4n) is 3.18. The predicted octanol–water partition coefficient (Wildman–Crippen LogP) is 0.369. The minimum absolute atomic E-state index is 0.0458. The zero-order chi connectivity index (χ0) is 14.1. The fourth-order valence-corrected chi connectivity index (χ4v) is 4.69. The molecule has 0 unspecified atom stereocenters. The first-order valence-electron chi connectivity index (χ1n) is 5.89. The molecule has 8 heteroatoms. The molecule has 2 bridgehead atoms. The van der Waals surface area contributed by atoms with Gasteiger partial charge >= 0.3 is 5.97 Å². The van der Waals surface area contributed by atoms with Crippen LogP contribution in [-0.2, 0) is 19.1 Å². The molecule has 3 heterocycles. The van der Waals surface area contributed by atoms with Gasteiger partial charge in [-0.3, -0.25) is 14.5 Å². The summed E-state index contributed by atoms with van der Waals surface area (Å²) in [7, 11) is 0. The topological polar surface area (TPSA) is 83.9 Å². The first kappa shape index (κ1) is 13.5. The van der Waals surface area contributed by atoms with Crippen molar-refractivity contribution in [1.29, 1.82) is 0 Å². The lowest BCUT2D eigenvalue weighted by Crippen LogP contribution is -2.45. The molecule has 1 N–H and O–H groups in total. The van der Waals surface area contributed by atoms with Gasteiger partial charge in [0.1, 0.15) is 6.04 Å². The van der Waals surface area contributed by atoms with Gasteiger partial charge in [-0.25, -0.2) is 4.79 Å². The molecule has 7 atom stereocenters. The molecule has 104 valence electrons. The Balaban J connectivity index is 1.95. The summed E-state index contributed by atoms with van der Waals surface area (Å²) in [6.07, 6.45) is -0.747. The van der Waals surface area contributed by atoms with Gasteiger partial charge in [0, 0.05) is 0 Å². The van der Waals surface area contributed by atoms with Gasteiger partial charge in [0.05, 0.1) is 33.7 Å². The summed E-state index contributed by atoms with van der Waals surface area (Å²) in [4.78, 5) is 36.4. The highest BCUT2D eigenvalue weighted by Crippen LogP contribution is 2.53. The molecule has 3 fully saturated rings. The highest BCUT2D eigenvalue weighted by Gasteiger charge is 2.68. The quantitative estimate of drug-likeness (QED) is 0.538. The van der Waals surface area contributed by atoms with Gasteiger partial charge in [0.15, 0.2) is 0 Å². The Bertz CT molecular complexity index is 452. The molecular formula is C11H11Br2NO5. The summed E-state index contributed by atoms with van der Waals surface area (Å²) < 4.78 is 5.68. The number of fused-ring (bicyclic) bond motifs is 5. The molecule has 3 rings (SSSR count). The summed E-state index contributed by atoms with van der Waals surface area (Å²) in [5.41, 5.74) is 0. The van der Waals surface area contributed by atoms with Crippen molar-refractivity contribution in [3.8, 4) is 0 Å². The number of hydrogen-bond donors (Lipinski definition) is 1. The van der Waals surface area contributed by atoms with Crippen LogP contribution in [0.5, 0.6) is 0 Å². The largest absolute Gasteiger partial charge is 0.480 e. The van der Waals surface area contributed by atoms with E-state index in [1.807, 2.05) is 0 Å². The standard InChI is InChI=1S/C11H11Br2NO5/c1-2(11(17)18)14-9(15)3-4(10(14)16)8-6(13)5(12)7(3)19-8/h2-8H,1H3,(H,17,18)/t2-,3+,4+,5-,6+,7-,8-/m1/s1. The molecule has 3 saturated heterocycles. The number of aliphatic carboxylic acids is 1. The highest BCUT2D eigenvalue weighted by atomic mass is 79.9. The minimum Gasteiger partial charge on any atom is -0.480 e. The third-order valence-corrected chi connectivity index (χ3v) is 7.02. The van der Waals surface area contributed by atoms with Gasteiger partial charge in [0.2, 0.25) is 11.8 Å². The second-order valence-electron chi connectivity index (χ2n) is 5.07. The molecule has 2 amide bonds. The maximum Gasteiger partial charge on any atom is 0.326 e. The van der Waals surface area contributed by atoms with Crippen molar-refractivity contribution in [2.24, 2.45) is 11.8 Å². The average Bonchev–Trinajstić information content (AvgIpc) is 2.94. The number of carbonyl (C=O) groups excluding carboxylic acids is 2. The van der Waals surface area contributed by atoms with Crippen LogP contribution < -0.4 is 0 Å². The third kappa shape index (κ3) is 1.59. The number of amides is 2. The zero-order valence-corrected chi connectivity index (χ0v) is 13.0. The van der Waals surface area contributed by atoms with E-state index in [9.17, 15) is 14.4 Å². The molecule has 3 aliphatic rings. The molecule has 0 aliphatic carbocycles. The molecule has 0 aromatic heterocycles. The normalized spacial score (nSPS) is 45.7. The summed E-state index contributed by atoms with van der Waals surface area (Å²) in [6.45, 7) is 1.35. The molecule has 0 spiro atoms. The molecular weight excluding hydrogens is 386 g/mol. The van der Waals surface area contributed by atoms with Crippen LogP contribution in [0, 0.1) is 11.8 Å². The van der Waals surface area contributed by atoms with E-state index in [4.69, 9.17) is 9.84 Å². The van der Waals surface area contributed by atoms with Crippen LogP contribution in [-0.4, -0.2) is 55.7 Å². The van der Waals surface area contributed by atoms with E-state index in [1.165, 1.54) is 6.92 Å². The van der Waals surface area contributed by atoms with Gasteiger partial charge in [-0.1, -0.05) is 31.9 Å². The van der Waals surface area contributed by atoms with Crippen LogP contribution >= 0.6 is 31.9 Å². The lowest BCUT2D eigenvalue weighted by molar-refractivity contribution is -0.155. The van der Waals surface area contributed by atoms with Crippen molar-refractivity contribution >= 4 is 49.6 Å². The van der Waals surface area contributed by atoms with E-state index < -0.39 is 35.7 Å². The zero-order valence-electron chi connectivity index (χ0n) is 9.82. The lowest BCUT2D eigenvalue weighted by atomic mass is 9.81. The van der Waals surface area contributed by atoms with Crippen molar-refractivity contribution in [2.45, 2.75) is 34.8 Å². The Kier molecular flexibility index (Phi) is 3.03. The van der Waals surface area contributed by atoms with E-state index >= 15 is 0 Å². The molecule has 19 heavy (non-hydrogen) atoms. The van der Waals surface area contributed by atoms with Crippen molar-refractivity contribution in [3.05, 3.63) is 0 Å². The summed E-state index contributed by atoms with van der Waals surface area (Å²) in [6, 6.07) is -1.13. The van der Waals surface area contributed by atoms with Crippen LogP contribution in [0.25, 0.3) is 0 Å². The van der Waals surface area contributed by atoms with E-state index in [0.29, 0.717) is 0 Å². The second-order valence-corrected chi connectivity index (χ2v) is 7.18. The van der Waals surface area contributed by atoms with E-state index in [0.717, 1.165) is 4.90 Å². The number of nitrogens with zero attached hydrogens (tertiary/aromatic N) is 1. The number of halogens is 2. The summed E-state index contributed by atoms with van der Waals surface area (Å²) in [5, 5.41) is 9.00. The Morgan fingerprint density at radius 2 is 1.63 bits per heavy atom. The maximum absolute atomic E-state index is 12.3. The number of hydrogen-bond acceptors (Lipinski definition) is 4. The van der Waals surface area contributed by atoms with Crippen LogP contribution in [0.4, 0.5) is 0 Å². The van der Waals surface area contributed by atoms with E-state index in [2.05, 4.69) is 31.9 Å². The Hall–Kier alpha value is -0.470. The molecule has 6 nitrogen and oxygen atoms in total. The molecule has 3 aliphatic heterocycles. The fraction of sp³-hybridized carbons (Fsp3) is 0.727. The average molecular weight is 397 g/mol. The van der Waals surface area contributed by atoms with Crippen LogP contribution in [0.2, 0.25) is 0 Å². The first-order chi connectivity index (χ1) is 8.86. The summed E-state index contributed by atoms with van der Waals surface area (Å²) in [5.74, 6) is -3.15. The SMILES string of the molecule is C[C@H](C(=O)O)N1C(=O)[C@@H]2[C@H]3O[C@@H]([C@@H](Br)[C@H]3Br)[C@H]2C1=O. The van der Waals surface area contributed by atoms with Gasteiger partial charge in [-0.05, 0) is 6.92 Å². The monoisotopic (exact) mass is 395 g/mol. The van der Waals surface area contributed by atoms with Crippen molar-refractivity contribution in [1.82, 2.24) is 4.90 Å². The first-order valence-corrected chi connectivity index (χ1v) is 7.72. The van der Waals surface area contributed by atoms with Crippen molar-refractivity contribution in [2.75, 3.05) is 0 Å². The van der Waals surface area contributed by atoms with Crippen LogP contribution in [0.1, 0.15) is 6.92 Å². The number of carbonyl (C=O) groups is 3. The lowest BCUT2D eigenvalue weighted by Gasteiger charge is -2.24. The molecule has 0 saturated carbocycles. The predicted molar refractivity (Wildman–Crippen MR) is 70.0 cm³/mol. The van der Waals surface area contributed by atoms with E-state index in [-0.39, 0.29) is 21.9 Å². The number of likely N-dealkylation sites (tertiary alicyclic amines) is 1. The molecule has 0 aromatic carbocycles. The van der Waals surface area contributed by atoms with Gasteiger partial charge in [-0.2, -0.15) is 0 Å². The van der Waals surface area contributed by atoms with E-state index in [1.54, 1.807) is 0 Å².